The smallest absolute Gasteiger partial charge is 0.250 e. The van der Waals surface area contributed by atoms with Gasteiger partial charge in [0.15, 0.2) is 11.0 Å². The van der Waals surface area contributed by atoms with E-state index in [-0.39, 0.29) is 11.7 Å². The number of hydrazone groups is 1. The van der Waals surface area contributed by atoms with E-state index in [1.165, 1.54) is 11.8 Å². The van der Waals surface area contributed by atoms with Crippen LogP contribution in [0.4, 0.5) is 0 Å². The molecule has 8 heteroatoms. The van der Waals surface area contributed by atoms with E-state index in [1.54, 1.807) is 0 Å². The fourth-order valence-electron chi connectivity index (χ4n) is 2.74. The van der Waals surface area contributed by atoms with Crippen molar-refractivity contribution in [2.45, 2.75) is 24.9 Å². The molecule has 0 bridgehead atoms. The molecule has 3 rings (SSSR count). The van der Waals surface area contributed by atoms with Crippen LogP contribution in [0.25, 0.3) is 11.4 Å². The molecule has 1 amide bonds. The summed E-state index contributed by atoms with van der Waals surface area (Å²) in [5.41, 5.74) is 5.53. The van der Waals surface area contributed by atoms with Crippen LogP contribution in [0.5, 0.6) is 0 Å². The number of carbonyl (C=O) groups excluding carboxylic acids is 1. The van der Waals surface area contributed by atoms with Crippen LogP contribution in [0.15, 0.2) is 69.3 Å². The van der Waals surface area contributed by atoms with E-state index in [0.29, 0.717) is 5.16 Å². The molecule has 1 heterocycles. The summed E-state index contributed by atoms with van der Waals surface area (Å²) in [6.07, 6.45) is 1.76. The zero-order valence-electron chi connectivity index (χ0n) is 16.3. The van der Waals surface area contributed by atoms with Gasteiger partial charge in [0.2, 0.25) is 0 Å². The van der Waals surface area contributed by atoms with Crippen molar-refractivity contribution in [2.24, 2.45) is 12.1 Å². The first-order valence-corrected chi connectivity index (χ1v) is 11.0. The zero-order valence-corrected chi connectivity index (χ0v) is 18.7. The second-order valence-corrected chi connectivity index (χ2v) is 8.23. The predicted octanol–water partition coefficient (Wildman–Crippen LogP) is 4.66. The van der Waals surface area contributed by atoms with Crippen LogP contribution in [0.2, 0.25) is 0 Å². The highest BCUT2D eigenvalue weighted by atomic mass is 79.9. The highest BCUT2D eigenvalue weighted by molar-refractivity contribution is 9.10. The fraction of sp³-hybridized carbons (Fsp3) is 0.238. The molecule has 0 saturated carbocycles. The van der Waals surface area contributed by atoms with Crippen LogP contribution in [0.1, 0.15) is 25.3 Å². The Balaban J connectivity index is 1.62. The van der Waals surface area contributed by atoms with Crippen LogP contribution < -0.4 is 5.43 Å². The molecular weight excluding hydrogens is 450 g/mol. The molecule has 1 aromatic heterocycles. The fourth-order valence-corrected chi connectivity index (χ4v) is 3.85. The highest BCUT2D eigenvalue weighted by Gasteiger charge is 2.13. The van der Waals surface area contributed by atoms with Crippen molar-refractivity contribution in [3.63, 3.8) is 0 Å². The Kier molecular flexibility index (Phi) is 7.60. The lowest BCUT2D eigenvalue weighted by molar-refractivity contribution is -0.118. The quantitative estimate of drug-likeness (QED) is 0.294. The second-order valence-electron chi connectivity index (χ2n) is 6.37. The molecule has 150 valence electrons. The Morgan fingerprint density at radius 2 is 1.97 bits per heavy atom. The molecule has 0 saturated heterocycles. The first-order valence-electron chi connectivity index (χ1n) is 9.27. The molecule has 0 spiro atoms. The van der Waals surface area contributed by atoms with Gasteiger partial charge in [-0.2, -0.15) is 5.10 Å². The summed E-state index contributed by atoms with van der Waals surface area (Å²) in [6.45, 7) is 2.09. The Bertz CT molecular complexity index is 1000. The number of hydrogen-bond acceptors (Lipinski definition) is 5. The van der Waals surface area contributed by atoms with Crippen molar-refractivity contribution >= 4 is 39.3 Å². The standard InChI is InChI=1S/C21H22BrN5OS/c1-3-8-18(15-9-5-4-6-10-15)23-24-19(28)14-29-21-26-25-20(27(21)2)16-11-7-12-17(22)13-16/h4-7,9-13H,3,8,14H2,1-2H3,(H,24,28)/b23-18-. The maximum Gasteiger partial charge on any atom is 0.250 e. The molecular formula is C21H22BrN5OS. The third-order valence-corrected chi connectivity index (χ3v) is 5.67. The molecule has 0 aliphatic heterocycles. The molecule has 3 aromatic rings. The largest absolute Gasteiger partial charge is 0.305 e. The predicted molar refractivity (Wildman–Crippen MR) is 121 cm³/mol. The minimum atomic E-state index is -0.175. The van der Waals surface area contributed by atoms with Crippen molar-refractivity contribution in [1.29, 1.82) is 0 Å². The molecule has 0 aliphatic carbocycles. The van der Waals surface area contributed by atoms with Crippen LogP contribution >= 0.6 is 27.7 Å². The zero-order chi connectivity index (χ0) is 20.6. The molecule has 29 heavy (non-hydrogen) atoms. The first-order chi connectivity index (χ1) is 14.1. The van der Waals surface area contributed by atoms with Crippen LogP contribution in [0.3, 0.4) is 0 Å². The SMILES string of the molecule is CCC/C(=N/NC(=O)CSc1nnc(-c2cccc(Br)c2)n1C)c1ccccc1. The van der Waals surface area contributed by atoms with Crippen LogP contribution in [-0.2, 0) is 11.8 Å². The van der Waals surface area contributed by atoms with E-state index in [1.807, 2.05) is 66.2 Å². The van der Waals surface area contributed by atoms with Gasteiger partial charge in [-0.1, -0.05) is 83.5 Å². The monoisotopic (exact) mass is 471 g/mol. The summed E-state index contributed by atoms with van der Waals surface area (Å²) >= 11 is 4.80. The van der Waals surface area contributed by atoms with E-state index < -0.39 is 0 Å². The van der Waals surface area contributed by atoms with Gasteiger partial charge in [0.1, 0.15) is 0 Å². The minimum absolute atomic E-state index is 0.175. The number of halogens is 1. The van der Waals surface area contributed by atoms with Crippen molar-refractivity contribution in [1.82, 2.24) is 20.2 Å². The number of nitrogens with one attached hydrogen (secondary N) is 1. The van der Waals surface area contributed by atoms with Gasteiger partial charge in [-0.25, -0.2) is 5.43 Å². The van der Waals surface area contributed by atoms with Crippen molar-refractivity contribution in [3.05, 3.63) is 64.6 Å². The number of benzene rings is 2. The van der Waals surface area contributed by atoms with Gasteiger partial charge in [-0.3, -0.25) is 4.79 Å². The normalized spacial score (nSPS) is 11.5. The molecule has 0 radical (unpaired) electrons. The lowest BCUT2D eigenvalue weighted by atomic mass is 10.1. The average Bonchev–Trinajstić information content (AvgIpc) is 3.10. The van der Waals surface area contributed by atoms with Gasteiger partial charge >= 0.3 is 0 Å². The summed E-state index contributed by atoms with van der Waals surface area (Å²) in [7, 11) is 1.89. The van der Waals surface area contributed by atoms with E-state index in [4.69, 9.17) is 0 Å². The summed E-state index contributed by atoms with van der Waals surface area (Å²) in [4.78, 5) is 12.3. The third kappa shape index (κ3) is 5.77. The molecule has 0 atom stereocenters. The number of nitrogens with zero attached hydrogens (tertiary/aromatic N) is 4. The van der Waals surface area contributed by atoms with Crippen molar-refractivity contribution in [2.75, 3.05) is 5.75 Å². The maximum absolute atomic E-state index is 12.3. The molecule has 0 aliphatic rings. The lowest BCUT2D eigenvalue weighted by Crippen LogP contribution is -2.22. The van der Waals surface area contributed by atoms with Gasteiger partial charge in [0.25, 0.3) is 5.91 Å². The Labute approximate surface area is 182 Å². The number of hydrogen-bond donors (Lipinski definition) is 1. The molecule has 6 nitrogen and oxygen atoms in total. The van der Waals surface area contributed by atoms with E-state index in [9.17, 15) is 4.79 Å². The molecule has 1 N–H and O–H groups in total. The topological polar surface area (TPSA) is 72.2 Å². The maximum atomic E-state index is 12.3. The summed E-state index contributed by atoms with van der Waals surface area (Å²) < 4.78 is 2.86. The van der Waals surface area contributed by atoms with Crippen LogP contribution in [-0.4, -0.2) is 32.1 Å². The second kappa shape index (κ2) is 10.4. The van der Waals surface area contributed by atoms with E-state index in [2.05, 4.69) is 43.6 Å². The van der Waals surface area contributed by atoms with Gasteiger partial charge in [-0.15, -0.1) is 10.2 Å². The lowest BCUT2D eigenvalue weighted by Gasteiger charge is -2.07. The van der Waals surface area contributed by atoms with Crippen LogP contribution in [0, 0.1) is 0 Å². The highest BCUT2D eigenvalue weighted by Crippen LogP contribution is 2.24. The average molecular weight is 472 g/mol. The van der Waals surface area contributed by atoms with Crippen molar-refractivity contribution < 1.29 is 4.79 Å². The number of amides is 1. The number of carbonyl (C=O) groups is 1. The Morgan fingerprint density at radius 3 is 2.69 bits per heavy atom. The summed E-state index contributed by atoms with van der Waals surface area (Å²) in [5, 5.41) is 13.5. The minimum Gasteiger partial charge on any atom is -0.305 e. The van der Waals surface area contributed by atoms with Gasteiger partial charge in [0.05, 0.1) is 11.5 Å². The Hall–Kier alpha value is -2.45. The van der Waals surface area contributed by atoms with Crippen molar-refractivity contribution in [3.8, 4) is 11.4 Å². The summed E-state index contributed by atoms with van der Waals surface area (Å²) in [5.74, 6) is 0.787. The van der Waals surface area contributed by atoms with Gasteiger partial charge in [-0.05, 0) is 24.1 Å². The first kappa shape index (κ1) is 21.3. The molecule has 0 unspecified atom stereocenters. The summed E-state index contributed by atoms with van der Waals surface area (Å²) in [6, 6.07) is 17.8. The molecule has 2 aromatic carbocycles. The van der Waals surface area contributed by atoms with Gasteiger partial charge < -0.3 is 4.57 Å². The number of aromatic nitrogens is 3. The third-order valence-electron chi connectivity index (χ3n) is 4.16. The number of thioether (sulfide) groups is 1. The van der Waals surface area contributed by atoms with Gasteiger partial charge in [0, 0.05) is 17.1 Å². The molecule has 0 fully saturated rings. The van der Waals surface area contributed by atoms with E-state index >= 15 is 0 Å². The van der Waals surface area contributed by atoms with E-state index in [0.717, 1.165) is 40.0 Å². The number of rotatable bonds is 8. The Morgan fingerprint density at radius 1 is 1.17 bits per heavy atom.